The number of hydrogen-bond donors (Lipinski definition) is 0. The summed E-state index contributed by atoms with van der Waals surface area (Å²) in [4.78, 5) is 13.7. The van der Waals surface area contributed by atoms with Crippen LogP contribution in [0.15, 0.2) is 34.8 Å². The normalized spacial score (nSPS) is 11.6. The summed E-state index contributed by atoms with van der Waals surface area (Å²) in [5.74, 6) is 1.53. The lowest BCUT2D eigenvalue weighted by molar-refractivity contribution is 1.01. The molecule has 0 aliphatic heterocycles. The topological polar surface area (TPSA) is 43.1 Å². The summed E-state index contributed by atoms with van der Waals surface area (Å²) in [5.41, 5.74) is 4.09. The van der Waals surface area contributed by atoms with Crippen LogP contribution in [-0.2, 0) is 5.75 Å². The van der Waals surface area contributed by atoms with Gasteiger partial charge in [-0.3, -0.25) is 4.40 Å². The highest BCUT2D eigenvalue weighted by Crippen LogP contribution is 2.32. The van der Waals surface area contributed by atoms with Crippen molar-refractivity contribution in [1.29, 1.82) is 0 Å². The minimum atomic E-state index is 0.719. The van der Waals surface area contributed by atoms with Crippen LogP contribution in [-0.4, -0.2) is 19.4 Å². The minimum absolute atomic E-state index is 0.719. The molecule has 0 unspecified atom stereocenters. The third-order valence-corrected chi connectivity index (χ3v) is 5.93. The molecule has 0 saturated heterocycles. The Balaban J connectivity index is 1.59. The van der Waals surface area contributed by atoms with Crippen molar-refractivity contribution in [2.75, 3.05) is 0 Å². The predicted octanol–water partition coefficient (Wildman–Crippen LogP) is 4.90. The zero-order valence-corrected chi connectivity index (χ0v) is 15.0. The zero-order chi connectivity index (χ0) is 16.0. The third-order valence-electron chi connectivity index (χ3n) is 3.48. The summed E-state index contributed by atoms with van der Waals surface area (Å²) in [6, 6.07) is 7.87. The first kappa shape index (κ1) is 14.9. The van der Waals surface area contributed by atoms with E-state index in [-0.39, 0.29) is 0 Å². The number of aromatic nitrogens is 4. The van der Waals surface area contributed by atoms with Crippen molar-refractivity contribution in [3.63, 3.8) is 0 Å². The number of imidazole rings is 1. The van der Waals surface area contributed by atoms with E-state index in [1.54, 1.807) is 23.1 Å². The molecule has 116 valence electrons. The standard InChI is InChI=1S/C16H13ClN4S2/c1-9-5-10(2)21-7-12(19-15(21)18-9)8-22-16-20-13-6-11(17)3-4-14(13)23-16/h3-7H,8H2,1-2H3. The van der Waals surface area contributed by atoms with Crippen LogP contribution in [0.3, 0.4) is 0 Å². The van der Waals surface area contributed by atoms with Gasteiger partial charge in [0.1, 0.15) is 0 Å². The molecule has 4 aromatic rings. The molecule has 3 heterocycles. The highest BCUT2D eigenvalue weighted by Gasteiger charge is 2.09. The highest BCUT2D eigenvalue weighted by atomic mass is 35.5. The summed E-state index contributed by atoms with van der Waals surface area (Å²) in [6.07, 6.45) is 2.05. The molecule has 0 aliphatic rings. The van der Waals surface area contributed by atoms with Gasteiger partial charge in [0.05, 0.1) is 15.9 Å². The SMILES string of the molecule is Cc1cc(C)n2cc(CSc3nc4cc(Cl)ccc4s3)nc2n1. The van der Waals surface area contributed by atoms with Gasteiger partial charge in [0.15, 0.2) is 4.34 Å². The van der Waals surface area contributed by atoms with Crippen LogP contribution in [0.5, 0.6) is 0 Å². The molecule has 7 heteroatoms. The Morgan fingerprint density at radius 2 is 2.04 bits per heavy atom. The molecule has 4 rings (SSSR count). The maximum Gasteiger partial charge on any atom is 0.234 e. The summed E-state index contributed by atoms with van der Waals surface area (Å²) in [5, 5.41) is 0.719. The van der Waals surface area contributed by atoms with E-state index in [2.05, 4.69) is 27.9 Å². The summed E-state index contributed by atoms with van der Waals surface area (Å²) in [6.45, 7) is 4.06. The van der Waals surface area contributed by atoms with Gasteiger partial charge in [-0.15, -0.1) is 11.3 Å². The maximum absolute atomic E-state index is 6.01. The van der Waals surface area contributed by atoms with Crippen LogP contribution in [0, 0.1) is 13.8 Å². The number of aryl methyl sites for hydroxylation is 2. The third kappa shape index (κ3) is 2.94. The van der Waals surface area contributed by atoms with Crippen molar-refractivity contribution in [2.45, 2.75) is 23.9 Å². The second-order valence-electron chi connectivity index (χ2n) is 5.32. The Hall–Kier alpha value is -1.63. The number of fused-ring (bicyclic) bond motifs is 2. The van der Waals surface area contributed by atoms with Crippen molar-refractivity contribution in [2.24, 2.45) is 0 Å². The molecule has 0 bridgehead atoms. The second kappa shape index (κ2) is 5.78. The molecule has 0 amide bonds. The number of benzene rings is 1. The lowest BCUT2D eigenvalue weighted by Gasteiger charge is -1.98. The van der Waals surface area contributed by atoms with Crippen LogP contribution in [0.2, 0.25) is 5.02 Å². The largest absolute Gasteiger partial charge is 0.288 e. The molecule has 0 aliphatic carbocycles. The molecule has 4 nitrogen and oxygen atoms in total. The zero-order valence-electron chi connectivity index (χ0n) is 12.6. The summed E-state index contributed by atoms with van der Waals surface area (Å²) >= 11 is 9.38. The lowest BCUT2D eigenvalue weighted by Crippen LogP contribution is -1.94. The Kier molecular flexibility index (Phi) is 3.75. The monoisotopic (exact) mass is 360 g/mol. The van der Waals surface area contributed by atoms with Crippen molar-refractivity contribution < 1.29 is 0 Å². The average molecular weight is 361 g/mol. The van der Waals surface area contributed by atoms with Gasteiger partial charge < -0.3 is 0 Å². The van der Waals surface area contributed by atoms with Gasteiger partial charge in [-0.1, -0.05) is 23.4 Å². The first-order valence-electron chi connectivity index (χ1n) is 7.09. The molecular formula is C16H13ClN4S2. The molecule has 0 radical (unpaired) electrons. The second-order valence-corrected chi connectivity index (χ2v) is 8.01. The maximum atomic E-state index is 6.01. The molecule has 23 heavy (non-hydrogen) atoms. The first-order chi connectivity index (χ1) is 11.1. The van der Waals surface area contributed by atoms with Gasteiger partial charge in [-0.2, -0.15) is 0 Å². The molecule has 3 aromatic heterocycles. The van der Waals surface area contributed by atoms with Crippen LogP contribution in [0.1, 0.15) is 17.1 Å². The quantitative estimate of drug-likeness (QED) is 0.487. The van der Waals surface area contributed by atoms with Crippen LogP contribution >= 0.6 is 34.7 Å². The molecule has 1 aromatic carbocycles. The number of thiazole rings is 1. The minimum Gasteiger partial charge on any atom is -0.288 e. The molecule has 0 saturated carbocycles. The average Bonchev–Trinajstić information content (AvgIpc) is 3.07. The number of rotatable bonds is 3. The molecule has 0 N–H and O–H groups in total. The van der Waals surface area contributed by atoms with E-state index in [9.17, 15) is 0 Å². The van der Waals surface area contributed by atoms with E-state index in [1.807, 2.05) is 35.7 Å². The van der Waals surface area contributed by atoms with E-state index in [4.69, 9.17) is 11.6 Å². The van der Waals surface area contributed by atoms with Crippen LogP contribution in [0.25, 0.3) is 16.0 Å². The summed E-state index contributed by atoms with van der Waals surface area (Å²) < 4.78 is 4.21. The van der Waals surface area contributed by atoms with E-state index >= 15 is 0 Å². The van der Waals surface area contributed by atoms with Gasteiger partial charge in [-0.25, -0.2) is 15.0 Å². The Morgan fingerprint density at radius 3 is 2.91 bits per heavy atom. The van der Waals surface area contributed by atoms with Gasteiger partial charge in [-0.05, 0) is 38.1 Å². The molecule has 0 spiro atoms. The number of halogens is 1. The highest BCUT2D eigenvalue weighted by molar-refractivity contribution is 8.00. The Bertz CT molecular complexity index is 1020. The fourth-order valence-electron chi connectivity index (χ4n) is 2.46. The molecule has 0 fully saturated rings. The van der Waals surface area contributed by atoms with E-state index < -0.39 is 0 Å². The van der Waals surface area contributed by atoms with E-state index in [1.165, 1.54) is 0 Å². The van der Waals surface area contributed by atoms with Gasteiger partial charge in [0, 0.05) is 28.4 Å². The lowest BCUT2D eigenvalue weighted by atomic mass is 10.3. The van der Waals surface area contributed by atoms with Gasteiger partial charge in [0.25, 0.3) is 0 Å². The number of thioether (sulfide) groups is 1. The van der Waals surface area contributed by atoms with E-state index in [0.717, 1.165) is 48.2 Å². The summed E-state index contributed by atoms with van der Waals surface area (Å²) in [7, 11) is 0. The van der Waals surface area contributed by atoms with Crippen molar-refractivity contribution >= 4 is 50.7 Å². The number of nitrogens with zero attached hydrogens (tertiary/aromatic N) is 4. The molecular weight excluding hydrogens is 348 g/mol. The Morgan fingerprint density at radius 1 is 1.17 bits per heavy atom. The van der Waals surface area contributed by atoms with Crippen LogP contribution < -0.4 is 0 Å². The van der Waals surface area contributed by atoms with E-state index in [0.29, 0.717) is 0 Å². The van der Waals surface area contributed by atoms with Crippen molar-refractivity contribution in [3.8, 4) is 0 Å². The Labute approximate surface area is 146 Å². The number of hydrogen-bond acceptors (Lipinski definition) is 5. The van der Waals surface area contributed by atoms with Crippen molar-refractivity contribution in [1.82, 2.24) is 19.4 Å². The molecule has 0 atom stereocenters. The first-order valence-corrected chi connectivity index (χ1v) is 9.27. The smallest absolute Gasteiger partial charge is 0.234 e. The van der Waals surface area contributed by atoms with Gasteiger partial charge in [0.2, 0.25) is 5.78 Å². The fraction of sp³-hybridized carbons (Fsp3) is 0.188. The van der Waals surface area contributed by atoms with Gasteiger partial charge >= 0.3 is 0 Å². The fourth-order valence-corrected chi connectivity index (χ4v) is 4.56. The predicted molar refractivity (Wildman–Crippen MR) is 96.7 cm³/mol. The van der Waals surface area contributed by atoms with Crippen molar-refractivity contribution in [3.05, 3.63) is 52.6 Å². The van der Waals surface area contributed by atoms with Crippen LogP contribution in [0.4, 0.5) is 0 Å².